The number of ether oxygens (including phenoxy) is 1. The van der Waals surface area contributed by atoms with Crippen LogP contribution in [0.3, 0.4) is 0 Å². The fourth-order valence-corrected chi connectivity index (χ4v) is 2.92. The first kappa shape index (κ1) is 19.5. The van der Waals surface area contributed by atoms with Crippen molar-refractivity contribution in [1.29, 1.82) is 0 Å². The number of nitrogens with zero attached hydrogens (tertiary/aromatic N) is 2. The van der Waals surface area contributed by atoms with E-state index in [4.69, 9.17) is 4.74 Å². The van der Waals surface area contributed by atoms with E-state index in [2.05, 4.69) is 15.6 Å². The molecule has 0 spiro atoms. The molecule has 0 radical (unpaired) electrons. The Labute approximate surface area is 146 Å². The SMILES string of the molecule is CN=C(NCc1cccc(COC)c1)NC1CCN(CC(F)(F)F)C1. The zero-order chi connectivity index (χ0) is 18.3. The molecule has 1 atom stereocenters. The second-order valence-electron chi connectivity index (χ2n) is 6.16. The molecule has 140 valence electrons. The highest BCUT2D eigenvalue weighted by atomic mass is 19.4. The van der Waals surface area contributed by atoms with E-state index >= 15 is 0 Å². The molecule has 0 saturated carbocycles. The van der Waals surface area contributed by atoms with E-state index in [0.717, 1.165) is 11.1 Å². The van der Waals surface area contributed by atoms with Gasteiger partial charge in [-0.3, -0.25) is 9.89 Å². The smallest absolute Gasteiger partial charge is 0.380 e. The van der Waals surface area contributed by atoms with Gasteiger partial charge < -0.3 is 15.4 Å². The Kier molecular flexibility index (Phi) is 7.07. The van der Waals surface area contributed by atoms with Crippen molar-refractivity contribution in [2.24, 2.45) is 4.99 Å². The summed E-state index contributed by atoms with van der Waals surface area (Å²) in [5.41, 5.74) is 2.17. The third-order valence-corrected chi connectivity index (χ3v) is 4.00. The van der Waals surface area contributed by atoms with Crippen LogP contribution in [0.1, 0.15) is 17.5 Å². The van der Waals surface area contributed by atoms with Gasteiger partial charge in [0.25, 0.3) is 0 Å². The van der Waals surface area contributed by atoms with Crippen molar-refractivity contribution in [2.45, 2.75) is 31.8 Å². The predicted molar refractivity (Wildman–Crippen MR) is 91.4 cm³/mol. The van der Waals surface area contributed by atoms with Crippen LogP contribution in [0.15, 0.2) is 29.3 Å². The average molecular weight is 358 g/mol. The molecule has 0 amide bonds. The minimum atomic E-state index is -4.15. The zero-order valence-corrected chi connectivity index (χ0v) is 14.6. The Balaban J connectivity index is 1.80. The summed E-state index contributed by atoms with van der Waals surface area (Å²) >= 11 is 0. The third kappa shape index (κ3) is 6.91. The highest BCUT2D eigenvalue weighted by molar-refractivity contribution is 5.80. The Morgan fingerprint density at radius 1 is 1.36 bits per heavy atom. The summed E-state index contributed by atoms with van der Waals surface area (Å²) in [6.07, 6.45) is -3.48. The molecule has 25 heavy (non-hydrogen) atoms. The van der Waals surface area contributed by atoms with Crippen molar-refractivity contribution in [3.05, 3.63) is 35.4 Å². The summed E-state index contributed by atoms with van der Waals surface area (Å²) in [5, 5.41) is 6.40. The third-order valence-electron chi connectivity index (χ3n) is 4.00. The maximum Gasteiger partial charge on any atom is 0.401 e. The first-order valence-corrected chi connectivity index (χ1v) is 8.22. The van der Waals surface area contributed by atoms with E-state index in [0.29, 0.717) is 38.6 Å². The van der Waals surface area contributed by atoms with Gasteiger partial charge in [-0.15, -0.1) is 0 Å². The van der Waals surface area contributed by atoms with E-state index in [1.54, 1.807) is 14.2 Å². The van der Waals surface area contributed by atoms with Crippen LogP contribution < -0.4 is 10.6 Å². The fraction of sp³-hybridized carbons (Fsp3) is 0.588. The number of likely N-dealkylation sites (tertiary alicyclic amines) is 1. The molecule has 0 bridgehead atoms. The monoisotopic (exact) mass is 358 g/mol. The molecule has 0 aromatic heterocycles. The number of benzene rings is 1. The van der Waals surface area contributed by atoms with Gasteiger partial charge in [-0.2, -0.15) is 13.2 Å². The van der Waals surface area contributed by atoms with Crippen LogP contribution >= 0.6 is 0 Å². The number of methoxy groups -OCH3 is 1. The van der Waals surface area contributed by atoms with Gasteiger partial charge in [0.1, 0.15) is 0 Å². The first-order chi connectivity index (χ1) is 11.9. The summed E-state index contributed by atoms with van der Waals surface area (Å²) in [5.74, 6) is 0.594. The van der Waals surface area contributed by atoms with Crippen LogP contribution in [0.4, 0.5) is 13.2 Å². The van der Waals surface area contributed by atoms with Crippen molar-refractivity contribution in [3.8, 4) is 0 Å². The normalized spacial score (nSPS) is 19.2. The molecule has 1 aromatic carbocycles. The summed E-state index contributed by atoms with van der Waals surface area (Å²) in [7, 11) is 3.31. The Hall–Kier alpha value is -1.80. The average Bonchev–Trinajstić information content (AvgIpc) is 2.97. The van der Waals surface area contributed by atoms with Crippen molar-refractivity contribution in [3.63, 3.8) is 0 Å². The van der Waals surface area contributed by atoms with Gasteiger partial charge in [0.05, 0.1) is 13.2 Å². The first-order valence-electron chi connectivity index (χ1n) is 8.22. The van der Waals surface area contributed by atoms with Gasteiger partial charge in [-0.25, -0.2) is 0 Å². The minimum Gasteiger partial charge on any atom is -0.380 e. The van der Waals surface area contributed by atoms with Gasteiger partial charge in [0.15, 0.2) is 5.96 Å². The Bertz CT molecular complexity index is 577. The van der Waals surface area contributed by atoms with Crippen molar-refractivity contribution in [1.82, 2.24) is 15.5 Å². The molecule has 0 aliphatic carbocycles. The van der Waals surface area contributed by atoms with Crippen LogP contribution in [-0.4, -0.2) is 56.9 Å². The maximum absolute atomic E-state index is 12.5. The maximum atomic E-state index is 12.5. The lowest BCUT2D eigenvalue weighted by Crippen LogP contribution is -2.44. The summed E-state index contributed by atoms with van der Waals surface area (Å²) < 4.78 is 42.5. The molecule has 1 unspecified atom stereocenters. The molecule has 8 heteroatoms. The number of alkyl halides is 3. The molecule has 1 saturated heterocycles. The van der Waals surface area contributed by atoms with Gasteiger partial charge in [0.2, 0.25) is 0 Å². The number of hydrogen-bond donors (Lipinski definition) is 2. The molecule has 1 fully saturated rings. The molecule has 1 aliphatic rings. The fourth-order valence-electron chi connectivity index (χ4n) is 2.92. The van der Waals surface area contributed by atoms with E-state index in [1.165, 1.54) is 4.90 Å². The molecular weight excluding hydrogens is 333 g/mol. The van der Waals surface area contributed by atoms with Crippen LogP contribution in [0.5, 0.6) is 0 Å². The molecule has 5 nitrogen and oxygen atoms in total. The van der Waals surface area contributed by atoms with E-state index < -0.39 is 12.7 Å². The molecule has 1 aliphatic heterocycles. The summed E-state index contributed by atoms with van der Waals surface area (Å²) in [6.45, 7) is 1.08. The number of guanidine groups is 1. The van der Waals surface area contributed by atoms with Crippen LogP contribution in [-0.2, 0) is 17.9 Å². The van der Waals surface area contributed by atoms with Gasteiger partial charge in [0, 0.05) is 39.8 Å². The molecule has 2 rings (SSSR count). The van der Waals surface area contributed by atoms with Crippen LogP contribution in [0.2, 0.25) is 0 Å². The number of rotatable bonds is 6. The lowest BCUT2D eigenvalue weighted by Gasteiger charge is -2.20. The second kappa shape index (κ2) is 9.05. The quantitative estimate of drug-likeness (QED) is 0.604. The lowest BCUT2D eigenvalue weighted by molar-refractivity contribution is -0.143. The summed E-state index contributed by atoms with van der Waals surface area (Å²) in [4.78, 5) is 5.57. The number of halogens is 3. The Morgan fingerprint density at radius 2 is 2.12 bits per heavy atom. The Morgan fingerprint density at radius 3 is 2.80 bits per heavy atom. The van der Waals surface area contributed by atoms with E-state index in [1.807, 2.05) is 24.3 Å². The van der Waals surface area contributed by atoms with Gasteiger partial charge >= 0.3 is 6.18 Å². The predicted octanol–water partition coefficient (Wildman–Crippen LogP) is 2.13. The molecule has 1 aromatic rings. The number of nitrogens with one attached hydrogen (secondary N) is 2. The molecular formula is C17H25F3N4O. The topological polar surface area (TPSA) is 48.9 Å². The number of hydrogen-bond acceptors (Lipinski definition) is 3. The van der Waals surface area contributed by atoms with Crippen LogP contribution in [0.25, 0.3) is 0 Å². The van der Waals surface area contributed by atoms with Gasteiger partial charge in [-0.1, -0.05) is 24.3 Å². The standard InChI is InChI=1S/C17H25F3N4O/c1-21-16(22-9-13-4-3-5-14(8-13)11-25-2)23-15-6-7-24(10-15)12-17(18,19)20/h3-5,8,15H,6-7,9-12H2,1-2H3,(H2,21,22,23). The molecule has 1 heterocycles. The second-order valence-corrected chi connectivity index (χ2v) is 6.16. The highest BCUT2D eigenvalue weighted by Gasteiger charge is 2.34. The minimum absolute atomic E-state index is 0.0339. The number of aliphatic imine (C=N–C) groups is 1. The van der Waals surface area contributed by atoms with Crippen molar-refractivity contribution < 1.29 is 17.9 Å². The lowest BCUT2D eigenvalue weighted by atomic mass is 10.1. The zero-order valence-electron chi connectivity index (χ0n) is 14.6. The van der Waals surface area contributed by atoms with Crippen LogP contribution in [0, 0.1) is 0 Å². The van der Waals surface area contributed by atoms with Gasteiger partial charge in [-0.05, 0) is 17.5 Å². The largest absolute Gasteiger partial charge is 0.401 e. The van der Waals surface area contributed by atoms with Crippen molar-refractivity contribution in [2.75, 3.05) is 33.8 Å². The summed E-state index contributed by atoms with van der Waals surface area (Å²) in [6, 6.07) is 7.97. The van der Waals surface area contributed by atoms with Crippen molar-refractivity contribution >= 4 is 5.96 Å². The molecule has 2 N–H and O–H groups in total. The highest BCUT2D eigenvalue weighted by Crippen LogP contribution is 2.19. The van der Waals surface area contributed by atoms with E-state index in [-0.39, 0.29) is 6.04 Å². The van der Waals surface area contributed by atoms with E-state index in [9.17, 15) is 13.2 Å².